The lowest BCUT2D eigenvalue weighted by molar-refractivity contribution is 0.0733. The predicted octanol–water partition coefficient (Wildman–Crippen LogP) is 2.08. The average molecular weight is 357 g/mol. The molecule has 0 aliphatic carbocycles. The molecule has 2 aromatic rings. The second-order valence-corrected chi connectivity index (χ2v) is 5.97. The maximum atomic E-state index is 12.8. The number of aromatic nitrogens is 2. The molecule has 3 rings (SSSR count). The number of anilines is 1. The van der Waals surface area contributed by atoms with E-state index in [1.807, 2.05) is 26.0 Å². The van der Waals surface area contributed by atoms with Gasteiger partial charge in [0.25, 0.3) is 5.91 Å². The van der Waals surface area contributed by atoms with Gasteiger partial charge in [0.05, 0.1) is 18.3 Å². The van der Waals surface area contributed by atoms with Crippen molar-refractivity contribution in [1.29, 1.82) is 0 Å². The van der Waals surface area contributed by atoms with E-state index in [4.69, 9.17) is 4.74 Å². The number of rotatable bonds is 4. The highest BCUT2D eigenvalue weighted by molar-refractivity contribution is 5.94. The Morgan fingerprint density at radius 1 is 1.31 bits per heavy atom. The fourth-order valence-electron chi connectivity index (χ4n) is 2.81. The summed E-state index contributed by atoms with van der Waals surface area (Å²) in [4.78, 5) is 26.2. The van der Waals surface area contributed by atoms with Crippen LogP contribution in [0.5, 0.6) is 5.75 Å². The molecule has 138 valence electrons. The zero-order valence-electron chi connectivity index (χ0n) is 15.0. The summed E-state index contributed by atoms with van der Waals surface area (Å²) >= 11 is 0. The number of aryl methyl sites for hydroxylation is 1. The minimum absolute atomic E-state index is 0.0803. The Kier molecular flexibility index (Phi) is 5.40. The van der Waals surface area contributed by atoms with E-state index in [9.17, 15) is 9.59 Å². The lowest BCUT2D eigenvalue weighted by atomic mass is 10.1. The van der Waals surface area contributed by atoms with Crippen molar-refractivity contribution in [2.45, 2.75) is 26.9 Å². The molecule has 2 N–H and O–H groups in total. The number of nitrogens with one attached hydrogen (secondary N) is 2. The van der Waals surface area contributed by atoms with Gasteiger partial charge in [-0.2, -0.15) is 5.10 Å². The van der Waals surface area contributed by atoms with Crippen LogP contribution < -0.4 is 15.4 Å². The molecule has 1 aliphatic rings. The van der Waals surface area contributed by atoms with Crippen molar-refractivity contribution in [3.8, 4) is 5.75 Å². The second kappa shape index (κ2) is 7.90. The van der Waals surface area contributed by atoms with Crippen molar-refractivity contribution < 1.29 is 14.3 Å². The average Bonchev–Trinajstić information content (AvgIpc) is 3.01. The Labute approximate surface area is 152 Å². The number of urea groups is 1. The van der Waals surface area contributed by atoms with Gasteiger partial charge in [-0.1, -0.05) is 0 Å². The quantitative estimate of drug-likeness (QED) is 0.877. The van der Waals surface area contributed by atoms with Crippen molar-refractivity contribution in [2.24, 2.45) is 0 Å². The van der Waals surface area contributed by atoms with Gasteiger partial charge in [-0.3, -0.25) is 9.48 Å². The number of benzene rings is 1. The van der Waals surface area contributed by atoms with Crippen molar-refractivity contribution >= 4 is 17.6 Å². The van der Waals surface area contributed by atoms with Gasteiger partial charge in [-0.25, -0.2) is 4.79 Å². The number of ether oxygens (including phenoxy) is 1. The Morgan fingerprint density at radius 2 is 2.15 bits per heavy atom. The summed E-state index contributed by atoms with van der Waals surface area (Å²) in [6.45, 7) is 6.42. The summed E-state index contributed by atoms with van der Waals surface area (Å²) < 4.78 is 7.48. The van der Waals surface area contributed by atoms with Crippen LogP contribution in [0.4, 0.5) is 10.5 Å². The molecule has 8 heteroatoms. The van der Waals surface area contributed by atoms with Crippen LogP contribution in [0.15, 0.2) is 30.6 Å². The normalized spacial score (nSPS) is 13.4. The molecule has 0 saturated heterocycles. The zero-order chi connectivity index (χ0) is 18.5. The molecule has 2 heterocycles. The van der Waals surface area contributed by atoms with Crippen LogP contribution in [0.3, 0.4) is 0 Å². The van der Waals surface area contributed by atoms with Crippen LogP contribution in [0, 0.1) is 0 Å². The molecular weight excluding hydrogens is 334 g/mol. The molecule has 1 aromatic heterocycles. The summed E-state index contributed by atoms with van der Waals surface area (Å²) in [5.41, 5.74) is 2.08. The molecule has 1 aliphatic heterocycles. The molecule has 0 radical (unpaired) electrons. The maximum Gasteiger partial charge on any atom is 0.319 e. The maximum absolute atomic E-state index is 12.8. The first-order valence-corrected chi connectivity index (χ1v) is 8.73. The third-order valence-electron chi connectivity index (χ3n) is 4.13. The minimum atomic E-state index is -0.262. The number of hydrogen-bond donors (Lipinski definition) is 2. The molecule has 0 unspecified atom stereocenters. The number of amides is 3. The van der Waals surface area contributed by atoms with Crippen molar-refractivity contribution in [3.05, 3.63) is 41.7 Å². The molecule has 1 aromatic carbocycles. The van der Waals surface area contributed by atoms with Crippen molar-refractivity contribution in [3.63, 3.8) is 0 Å². The molecular formula is C18H23N5O3. The van der Waals surface area contributed by atoms with Gasteiger partial charge in [0.2, 0.25) is 0 Å². The van der Waals surface area contributed by atoms with Gasteiger partial charge in [0.15, 0.2) is 0 Å². The monoisotopic (exact) mass is 357 g/mol. The third kappa shape index (κ3) is 3.96. The number of carbonyl (C=O) groups is 2. The van der Waals surface area contributed by atoms with E-state index in [2.05, 4.69) is 15.7 Å². The van der Waals surface area contributed by atoms with Crippen molar-refractivity contribution in [1.82, 2.24) is 20.0 Å². The number of hydrogen-bond acceptors (Lipinski definition) is 4. The lowest BCUT2D eigenvalue weighted by Crippen LogP contribution is -2.32. The van der Waals surface area contributed by atoms with Crippen molar-refractivity contribution in [2.75, 3.05) is 25.0 Å². The fraction of sp³-hybridized carbons (Fsp3) is 0.389. The van der Waals surface area contributed by atoms with E-state index >= 15 is 0 Å². The topological polar surface area (TPSA) is 88.5 Å². The Balaban J connectivity index is 1.77. The molecule has 8 nitrogen and oxygen atoms in total. The molecule has 26 heavy (non-hydrogen) atoms. The van der Waals surface area contributed by atoms with Gasteiger partial charge >= 0.3 is 6.03 Å². The number of nitrogens with zero attached hydrogens (tertiary/aromatic N) is 3. The van der Waals surface area contributed by atoms with E-state index < -0.39 is 0 Å². The van der Waals surface area contributed by atoms with Crippen LogP contribution in [0.25, 0.3) is 0 Å². The summed E-state index contributed by atoms with van der Waals surface area (Å²) in [6, 6.07) is 5.18. The largest absolute Gasteiger partial charge is 0.491 e. The van der Waals surface area contributed by atoms with Gasteiger partial charge in [-0.05, 0) is 32.0 Å². The highest BCUT2D eigenvalue weighted by atomic mass is 16.5. The highest BCUT2D eigenvalue weighted by Gasteiger charge is 2.22. The van der Waals surface area contributed by atoms with Gasteiger partial charge in [0, 0.05) is 37.1 Å². The van der Waals surface area contributed by atoms with E-state index in [0.29, 0.717) is 44.0 Å². The Bertz CT molecular complexity index is 802. The Morgan fingerprint density at radius 3 is 2.88 bits per heavy atom. The fourth-order valence-corrected chi connectivity index (χ4v) is 2.81. The standard InChI is InChI=1S/C18H23N5O3/c1-3-19-18(25)21-15-5-6-16-13(9-15)11-22(7-8-26-16)17(24)14-10-20-23(4-2)12-14/h5-6,9-10,12H,3-4,7-8,11H2,1-2H3,(H2,19,21,25). The van der Waals surface area contributed by atoms with Crippen LogP contribution in [-0.4, -0.2) is 46.3 Å². The van der Waals surface area contributed by atoms with Gasteiger partial charge in [-0.15, -0.1) is 0 Å². The van der Waals surface area contributed by atoms with Crippen LogP contribution in [0.2, 0.25) is 0 Å². The van der Waals surface area contributed by atoms with Crippen LogP contribution in [-0.2, 0) is 13.1 Å². The SMILES string of the molecule is CCNC(=O)Nc1ccc2c(c1)CN(C(=O)c1cnn(CC)c1)CCO2. The molecule has 0 atom stereocenters. The minimum Gasteiger partial charge on any atom is -0.491 e. The first-order chi connectivity index (χ1) is 12.6. The summed E-state index contributed by atoms with van der Waals surface area (Å²) in [7, 11) is 0. The van der Waals surface area contributed by atoms with Crippen LogP contribution in [0.1, 0.15) is 29.8 Å². The number of carbonyl (C=O) groups excluding carboxylic acids is 2. The smallest absolute Gasteiger partial charge is 0.319 e. The zero-order valence-corrected chi connectivity index (χ0v) is 15.0. The van der Waals surface area contributed by atoms with E-state index in [1.165, 1.54) is 0 Å². The number of fused-ring (bicyclic) bond motifs is 1. The molecule has 0 fully saturated rings. The molecule has 0 saturated carbocycles. The summed E-state index contributed by atoms with van der Waals surface area (Å²) in [5, 5.41) is 9.63. The second-order valence-electron chi connectivity index (χ2n) is 5.97. The van der Waals surface area contributed by atoms with E-state index in [0.717, 1.165) is 11.3 Å². The lowest BCUT2D eigenvalue weighted by Gasteiger charge is -2.19. The first-order valence-electron chi connectivity index (χ1n) is 8.73. The Hall–Kier alpha value is -3.03. The highest BCUT2D eigenvalue weighted by Crippen LogP contribution is 2.27. The van der Waals surface area contributed by atoms with E-state index in [1.54, 1.807) is 28.0 Å². The third-order valence-corrected chi connectivity index (χ3v) is 4.13. The summed E-state index contributed by atoms with van der Waals surface area (Å²) in [6.07, 6.45) is 3.34. The summed E-state index contributed by atoms with van der Waals surface area (Å²) in [5.74, 6) is 0.647. The van der Waals surface area contributed by atoms with Gasteiger partial charge in [0.1, 0.15) is 12.4 Å². The molecule has 3 amide bonds. The molecule has 0 bridgehead atoms. The predicted molar refractivity (Wildman–Crippen MR) is 97.3 cm³/mol. The van der Waals surface area contributed by atoms with Gasteiger partial charge < -0.3 is 20.3 Å². The molecule has 0 spiro atoms. The van der Waals surface area contributed by atoms with Crippen LogP contribution >= 0.6 is 0 Å². The first kappa shape index (κ1) is 17.8. The van der Waals surface area contributed by atoms with E-state index in [-0.39, 0.29) is 11.9 Å².